The summed E-state index contributed by atoms with van der Waals surface area (Å²) in [6.45, 7) is 6.18. The van der Waals surface area contributed by atoms with Crippen molar-refractivity contribution in [3.63, 3.8) is 0 Å². The number of ketones is 1. The molecule has 2 aromatic carbocycles. The lowest BCUT2D eigenvalue weighted by Gasteiger charge is -2.40. The minimum atomic E-state index is 0. The smallest absolute Gasteiger partial charge is 0.159 e. The molecule has 1 aliphatic heterocycles. The van der Waals surface area contributed by atoms with Gasteiger partial charge in [-0.15, -0.1) is 0 Å². The number of halogens is 1. The van der Waals surface area contributed by atoms with Crippen LogP contribution >= 0.6 is 0 Å². The Morgan fingerprint density at radius 1 is 1.00 bits per heavy atom. The molecule has 0 unspecified atom stereocenters. The normalized spacial score (nSPS) is 17.1. The first-order valence-corrected chi connectivity index (χ1v) is 7.56. The average Bonchev–Trinajstić information content (AvgIpc) is 2.46. The number of anilines is 1. The van der Waals surface area contributed by atoms with Gasteiger partial charge in [-0.3, -0.25) is 4.79 Å². The van der Waals surface area contributed by atoms with Crippen LogP contribution in [0.5, 0.6) is 0 Å². The Morgan fingerprint density at radius 2 is 1.59 bits per heavy atom. The lowest BCUT2D eigenvalue weighted by Crippen LogP contribution is -3.00. The lowest BCUT2D eigenvalue weighted by molar-refractivity contribution is -0.890. The topological polar surface area (TPSA) is 20.3 Å². The van der Waals surface area contributed by atoms with E-state index >= 15 is 0 Å². The van der Waals surface area contributed by atoms with Crippen LogP contribution in [0.15, 0.2) is 36.4 Å². The summed E-state index contributed by atoms with van der Waals surface area (Å²) in [6.07, 6.45) is 0. The van der Waals surface area contributed by atoms with Gasteiger partial charge in [0, 0.05) is 11.3 Å². The molecule has 0 spiro atoms. The molecule has 0 aliphatic carbocycles. The van der Waals surface area contributed by atoms with E-state index in [1.807, 2.05) is 12.1 Å². The second kappa shape index (κ2) is 6.54. The highest BCUT2D eigenvalue weighted by Crippen LogP contribution is 2.25. The summed E-state index contributed by atoms with van der Waals surface area (Å²) in [5.41, 5.74) is 2.07. The fraction of sp³-hybridized carbons (Fsp3) is 0.389. The minimum Gasteiger partial charge on any atom is -1.00 e. The van der Waals surface area contributed by atoms with Gasteiger partial charge in [0.2, 0.25) is 0 Å². The van der Waals surface area contributed by atoms with Crippen LogP contribution in [0.25, 0.3) is 10.8 Å². The maximum absolute atomic E-state index is 11.5. The number of carbonyl (C=O) groups excluding carboxylic acids is 1. The van der Waals surface area contributed by atoms with Gasteiger partial charge in [-0.2, -0.15) is 0 Å². The van der Waals surface area contributed by atoms with Crippen LogP contribution in [0.4, 0.5) is 5.69 Å². The number of benzene rings is 2. The van der Waals surface area contributed by atoms with Crippen molar-refractivity contribution in [3.05, 3.63) is 42.0 Å². The Balaban J connectivity index is 0.00000176. The second-order valence-corrected chi connectivity index (χ2v) is 6.67. The predicted molar refractivity (Wildman–Crippen MR) is 88.0 cm³/mol. The van der Waals surface area contributed by atoms with Crippen LogP contribution in [0.2, 0.25) is 0 Å². The molecule has 1 fully saturated rings. The number of likely N-dealkylation sites (N-methyl/N-ethyl adjacent to an activating group) is 1. The van der Waals surface area contributed by atoms with Gasteiger partial charge in [-0.05, 0) is 35.9 Å². The summed E-state index contributed by atoms with van der Waals surface area (Å²) in [7, 11) is 4.59. The average molecular weight is 410 g/mol. The van der Waals surface area contributed by atoms with Crippen LogP contribution in [-0.2, 0) is 0 Å². The summed E-state index contributed by atoms with van der Waals surface area (Å²) >= 11 is 0. The Bertz CT molecular complexity index is 687. The summed E-state index contributed by atoms with van der Waals surface area (Å²) in [6, 6.07) is 12.5. The minimum absolute atomic E-state index is 0. The van der Waals surface area contributed by atoms with Crippen molar-refractivity contribution in [2.75, 3.05) is 45.2 Å². The highest BCUT2D eigenvalue weighted by molar-refractivity contribution is 5.99. The zero-order valence-corrected chi connectivity index (χ0v) is 15.6. The Morgan fingerprint density at radius 3 is 2.23 bits per heavy atom. The largest absolute Gasteiger partial charge is 1.00 e. The molecule has 1 saturated heterocycles. The first-order valence-electron chi connectivity index (χ1n) is 7.56. The number of rotatable bonds is 2. The zero-order valence-electron chi connectivity index (χ0n) is 13.5. The van der Waals surface area contributed by atoms with E-state index in [1.54, 1.807) is 6.92 Å². The fourth-order valence-electron chi connectivity index (χ4n) is 2.91. The molecule has 0 radical (unpaired) electrons. The summed E-state index contributed by atoms with van der Waals surface area (Å²) in [4.78, 5) is 13.9. The number of Topliss-reactive ketones (excluding diaryl/α,β-unsaturated/α-hetero) is 1. The molecule has 0 saturated carbocycles. The highest BCUT2D eigenvalue weighted by atomic mass is 127. The van der Waals surface area contributed by atoms with Crippen LogP contribution < -0.4 is 28.9 Å². The number of quaternary nitrogens is 1. The number of hydrogen-bond acceptors (Lipinski definition) is 2. The molecule has 0 bridgehead atoms. The third kappa shape index (κ3) is 3.60. The Hall–Kier alpha value is -1.14. The number of nitrogens with zero attached hydrogens (tertiary/aromatic N) is 2. The molecule has 0 aromatic heterocycles. The van der Waals surface area contributed by atoms with Gasteiger partial charge in [-0.1, -0.05) is 18.2 Å². The number of piperazine rings is 1. The van der Waals surface area contributed by atoms with Crippen LogP contribution in [0.1, 0.15) is 17.3 Å². The Labute approximate surface area is 149 Å². The Kier molecular flexibility index (Phi) is 5.12. The van der Waals surface area contributed by atoms with Crippen LogP contribution in [0.3, 0.4) is 0 Å². The van der Waals surface area contributed by atoms with E-state index in [1.165, 1.54) is 24.2 Å². The molecule has 2 aromatic rings. The molecule has 1 heterocycles. The SMILES string of the molecule is CC(=O)c1ccc2cc(N3CC[N+](C)(C)CC3)ccc2c1.[I-]. The second-order valence-electron chi connectivity index (χ2n) is 6.67. The lowest BCUT2D eigenvalue weighted by atomic mass is 10.0. The van der Waals surface area contributed by atoms with Crippen molar-refractivity contribution in [3.8, 4) is 0 Å². The maximum Gasteiger partial charge on any atom is 0.159 e. The summed E-state index contributed by atoms with van der Waals surface area (Å²) in [5, 5.41) is 2.34. The first kappa shape index (κ1) is 17.2. The monoisotopic (exact) mass is 410 g/mol. The molecule has 0 amide bonds. The van der Waals surface area contributed by atoms with Gasteiger partial charge in [0.15, 0.2) is 5.78 Å². The third-order valence-electron chi connectivity index (χ3n) is 4.55. The van der Waals surface area contributed by atoms with Crippen LogP contribution in [-0.4, -0.2) is 50.5 Å². The van der Waals surface area contributed by atoms with Gasteiger partial charge in [0.1, 0.15) is 0 Å². The van der Waals surface area contributed by atoms with Crippen molar-refractivity contribution >= 4 is 22.2 Å². The zero-order chi connectivity index (χ0) is 15.0. The van der Waals surface area contributed by atoms with Crippen molar-refractivity contribution in [1.29, 1.82) is 0 Å². The predicted octanol–water partition coefficient (Wildman–Crippen LogP) is -0.0572. The molecule has 3 rings (SSSR count). The van der Waals surface area contributed by atoms with E-state index in [4.69, 9.17) is 0 Å². The van der Waals surface area contributed by atoms with Crippen molar-refractivity contribution in [2.24, 2.45) is 0 Å². The van der Waals surface area contributed by atoms with Gasteiger partial charge in [0.05, 0.1) is 40.3 Å². The van der Waals surface area contributed by atoms with Crippen molar-refractivity contribution < 1.29 is 33.3 Å². The molecule has 0 N–H and O–H groups in total. The van der Waals surface area contributed by atoms with Gasteiger partial charge < -0.3 is 33.4 Å². The molecular formula is C18H23IN2O. The van der Waals surface area contributed by atoms with Gasteiger partial charge >= 0.3 is 0 Å². The van der Waals surface area contributed by atoms with E-state index in [0.29, 0.717) is 0 Å². The van der Waals surface area contributed by atoms with E-state index in [9.17, 15) is 4.79 Å². The molecule has 22 heavy (non-hydrogen) atoms. The van der Waals surface area contributed by atoms with Gasteiger partial charge in [0.25, 0.3) is 0 Å². The van der Waals surface area contributed by atoms with Gasteiger partial charge in [-0.25, -0.2) is 0 Å². The van der Waals surface area contributed by atoms with Crippen LogP contribution in [0, 0.1) is 0 Å². The number of hydrogen-bond donors (Lipinski definition) is 0. The molecular weight excluding hydrogens is 387 g/mol. The highest BCUT2D eigenvalue weighted by Gasteiger charge is 2.24. The molecule has 1 aliphatic rings. The van der Waals surface area contributed by atoms with E-state index in [0.717, 1.165) is 28.5 Å². The maximum atomic E-state index is 11.5. The first-order chi connectivity index (χ1) is 9.94. The summed E-state index contributed by atoms with van der Waals surface area (Å²) in [5.74, 6) is 0.122. The number of fused-ring (bicyclic) bond motifs is 1. The van der Waals surface area contributed by atoms with E-state index < -0.39 is 0 Å². The van der Waals surface area contributed by atoms with E-state index in [2.05, 4.69) is 43.3 Å². The van der Waals surface area contributed by atoms with Crippen molar-refractivity contribution in [1.82, 2.24) is 0 Å². The quantitative estimate of drug-likeness (QED) is 0.393. The fourth-order valence-corrected chi connectivity index (χ4v) is 2.91. The molecule has 4 heteroatoms. The standard InChI is InChI=1S/C18H23N2O.HI/c1-14(21)15-4-5-17-13-18(7-6-16(17)12-15)19-8-10-20(2,3)11-9-19;/h4-7,12-13H,8-11H2,1-3H3;1H/q+1;/p-1. The summed E-state index contributed by atoms with van der Waals surface area (Å²) < 4.78 is 1.10. The van der Waals surface area contributed by atoms with E-state index in [-0.39, 0.29) is 29.8 Å². The van der Waals surface area contributed by atoms with Crippen molar-refractivity contribution in [2.45, 2.75) is 6.92 Å². The third-order valence-corrected chi connectivity index (χ3v) is 4.55. The number of carbonyl (C=O) groups is 1. The molecule has 118 valence electrons. The molecule has 0 atom stereocenters. The molecule has 3 nitrogen and oxygen atoms in total.